The Labute approximate surface area is 143 Å². The molecule has 0 heterocycles. The first kappa shape index (κ1) is 18.1. The van der Waals surface area contributed by atoms with E-state index in [1.807, 2.05) is 55.1 Å². The number of amides is 1. The van der Waals surface area contributed by atoms with Crippen LogP contribution in [0.15, 0.2) is 54.6 Å². The van der Waals surface area contributed by atoms with Crippen molar-refractivity contribution in [1.82, 2.24) is 10.2 Å². The lowest BCUT2D eigenvalue weighted by atomic mass is 10.1. The third kappa shape index (κ3) is 5.46. The first-order chi connectivity index (χ1) is 11.6. The SMILES string of the molecule is CC(C)N(Cc1ccccc1)C(=O)CCNCc1ccccc1F. The van der Waals surface area contributed by atoms with Gasteiger partial charge in [0, 0.05) is 37.7 Å². The second kappa shape index (κ2) is 9.18. The van der Waals surface area contributed by atoms with Crippen molar-refractivity contribution in [3.63, 3.8) is 0 Å². The molecule has 3 nitrogen and oxygen atoms in total. The highest BCUT2D eigenvalue weighted by Gasteiger charge is 2.16. The maximum absolute atomic E-state index is 13.5. The largest absolute Gasteiger partial charge is 0.336 e. The summed E-state index contributed by atoms with van der Waals surface area (Å²) in [6, 6.07) is 16.8. The molecule has 2 aromatic rings. The van der Waals surface area contributed by atoms with Crippen LogP contribution in [0.4, 0.5) is 4.39 Å². The van der Waals surface area contributed by atoms with Crippen LogP contribution in [0.2, 0.25) is 0 Å². The van der Waals surface area contributed by atoms with Crippen molar-refractivity contribution in [2.45, 2.75) is 39.4 Å². The summed E-state index contributed by atoms with van der Waals surface area (Å²) in [7, 11) is 0. The van der Waals surface area contributed by atoms with Crippen LogP contribution in [0.3, 0.4) is 0 Å². The van der Waals surface area contributed by atoms with Gasteiger partial charge in [0.2, 0.25) is 5.91 Å². The van der Waals surface area contributed by atoms with E-state index in [9.17, 15) is 9.18 Å². The zero-order chi connectivity index (χ0) is 17.4. The minimum Gasteiger partial charge on any atom is -0.336 e. The summed E-state index contributed by atoms with van der Waals surface area (Å²) in [6.07, 6.45) is 0.402. The number of nitrogens with zero attached hydrogens (tertiary/aromatic N) is 1. The van der Waals surface area contributed by atoms with E-state index >= 15 is 0 Å². The summed E-state index contributed by atoms with van der Waals surface area (Å²) in [5.41, 5.74) is 1.74. The fraction of sp³-hybridized carbons (Fsp3) is 0.350. The van der Waals surface area contributed by atoms with Crippen LogP contribution in [-0.2, 0) is 17.9 Å². The van der Waals surface area contributed by atoms with Crippen molar-refractivity contribution < 1.29 is 9.18 Å². The maximum atomic E-state index is 13.5. The average Bonchev–Trinajstić information content (AvgIpc) is 2.58. The van der Waals surface area contributed by atoms with Gasteiger partial charge in [0.1, 0.15) is 5.82 Å². The Bertz CT molecular complexity index is 643. The first-order valence-electron chi connectivity index (χ1n) is 8.35. The number of halogens is 1. The van der Waals surface area contributed by atoms with Crippen molar-refractivity contribution in [3.8, 4) is 0 Å². The average molecular weight is 328 g/mol. The number of carbonyl (C=O) groups excluding carboxylic acids is 1. The van der Waals surface area contributed by atoms with Gasteiger partial charge in [0.25, 0.3) is 0 Å². The molecular weight excluding hydrogens is 303 g/mol. The van der Waals surface area contributed by atoms with Gasteiger partial charge in [-0.05, 0) is 25.5 Å². The molecule has 0 aliphatic carbocycles. The lowest BCUT2D eigenvalue weighted by molar-refractivity contribution is -0.133. The normalized spacial score (nSPS) is 10.8. The number of hydrogen-bond donors (Lipinski definition) is 1. The monoisotopic (exact) mass is 328 g/mol. The van der Waals surface area contributed by atoms with Gasteiger partial charge in [-0.25, -0.2) is 4.39 Å². The topological polar surface area (TPSA) is 32.3 Å². The van der Waals surface area contributed by atoms with Crippen LogP contribution in [0.5, 0.6) is 0 Å². The van der Waals surface area contributed by atoms with Crippen LogP contribution >= 0.6 is 0 Å². The Morgan fingerprint density at radius 3 is 2.42 bits per heavy atom. The smallest absolute Gasteiger partial charge is 0.224 e. The molecule has 2 rings (SSSR count). The van der Waals surface area contributed by atoms with Gasteiger partial charge in [-0.3, -0.25) is 4.79 Å². The highest BCUT2D eigenvalue weighted by molar-refractivity contribution is 5.76. The molecule has 0 spiro atoms. The molecule has 0 fully saturated rings. The van der Waals surface area contributed by atoms with E-state index in [4.69, 9.17) is 0 Å². The fourth-order valence-electron chi connectivity index (χ4n) is 2.54. The number of benzene rings is 2. The Morgan fingerprint density at radius 1 is 1.08 bits per heavy atom. The zero-order valence-electron chi connectivity index (χ0n) is 14.3. The lowest BCUT2D eigenvalue weighted by Crippen LogP contribution is -2.37. The minimum absolute atomic E-state index is 0.106. The van der Waals surface area contributed by atoms with E-state index in [0.29, 0.717) is 31.6 Å². The predicted molar refractivity (Wildman–Crippen MR) is 94.9 cm³/mol. The molecule has 0 atom stereocenters. The molecule has 0 bridgehead atoms. The molecule has 0 aromatic heterocycles. The third-order valence-electron chi connectivity index (χ3n) is 3.93. The van der Waals surface area contributed by atoms with Gasteiger partial charge in [-0.1, -0.05) is 48.5 Å². The number of carbonyl (C=O) groups is 1. The molecule has 0 aliphatic rings. The van der Waals surface area contributed by atoms with Gasteiger partial charge in [-0.15, -0.1) is 0 Å². The summed E-state index contributed by atoms with van der Waals surface area (Å²) in [5.74, 6) is -0.112. The van der Waals surface area contributed by atoms with Gasteiger partial charge in [0.05, 0.1) is 0 Å². The summed E-state index contributed by atoms with van der Waals surface area (Å²) < 4.78 is 13.5. The Morgan fingerprint density at radius 2 is 1.75 bits per heavy atom. The van der Waals surface area contributed by atoms with E-state index in [1.165, 1.54) is 6.07 Å². The molecule has 0 saturated carbocycles. The molecule has 0 aliphatic heterocycles. The summed E-state index contributed by atoms with van der Waals surface area (Å²) in [5, 5.41) is 3.14. The minimum atomic E-state index is -0.218. The van der Waals surface area contributed by atoms with E-state index in [-0.39, 0.29) is 17.8 Å². The fourth-order valence-corrected chi connectivity index (χ4v) is 2.54. The molecule has 0 saturated heterocycles. The molecule has 1 amide bonds. The van der Waals surface area contributed by atoms with Crippen molar-refractivity contribution >= 4 is 5.91 Å². The molecule has 0 radical (unpaired) electrons. The standard InChI is InChI=1S/C20H25FN2O/c1-16(2)23(15-17-8-4-3-5-9-17)20(24)12-13-22-14-18-10-6-7-11-19(18)21/h3-11,16,22H,12-15H2,1-2H3. The van der Waals surface area contributed by atoms with E-state index < -0.39 is 0 Å². The van der Waals surface area contributed by atoms with Gasteiger partial charge < -0.3 is 10.2 Å². The lowest BCUT2D eigenvalue weighted by Gasteiger charge is -2.27. The van der Waals surface area contributed by atoms with Crippen molar-refractivity contribution in [2.75, 3.05) is 6.54 Å². The molecular formula is C20H25FN2O. The van der Waals surface area contributed by atoms with Crippen LogP contribution in [0.25, 0.3) is 0 Å². The van der Waals surface area contributed by atoms with Crippen LogP contribution in [-0.4, -0.2) is 23.4 Å². The van der Waals surface area contributed by atoms with E-state index in [0.717, 1.165) is 5.56 Å². The second-order valence-corrected chi connectivity index (χ2v) is 6.12. The van der Waals surface area contributed by atoms with E-state index in [1.54, 1.807) is 12.1 Å². The highest BCUT2D eigenvalue weighted by Crippen LogP contribution is 2.10. The number of hydrogen-bond acceptors (Lipinski definition) is 2. The third-order valence-corrected chi connectivity index (χ3v) is 3.93. The number of rotatable bonds is 8. The molecule has 4 heteroatoms. The van der Waals surface area contributed by atoms with Crippen molar-refractivity contribution in [1.29, 1.82) is 0 Å². The second-order valence-electron chi connectivity index (χ2n) is 6.12. The summed E-state index contributed by atoms with van der Waals surface area (Å²) >= 11 is 0. The summed E-state index contributed by atoms with van der Waals surface area (Å²) in [6.45, 7) is 5.62. The quantitative estimate of drug-likeness (QED) is 0.749. The van der Waals surface area contributed by atoms with Gasteiger partial charge >= 0.3 is 0 Å². The van der Waals surface area contributed by atoms with Gasteiger partial charge in [-0.2, -0.15) is 0 Å². The van der Waals surface area contributed by atoms with E-state index in [2.05, 4.69) is 5.32 Å². The van der Waals surface area contributed by atoms with Crippen molar-refractivity contribution in [2.24, 2.45) is 0 Å². The predicted octanol–water partition coefficient (Wildman–Crippen LogP) is 3.74. The Hall–Kier alpha value is -2.20. The Kier molecular flexibility index (Phi) is 6.94. The van der Waals surface area contributed by atoms with Crippen LogP contribution in [0.1, 0.15) is 31.4 Å². The molecule has 128 valence electrons. The molecule has 1 N–H and O–H groups in total. The maximum Gasteiger partial charge on any atom is 0.224 e. The van der Waals surface area contributed by atoms with Crippen LogP contribution in [0, 0.1) is 5.82 Å². The molecule has 24 heavy (non-hydrogen) atoms. The van der Waals surface area contributed by atoms with Crippen molar-refractivity contribution in [3.05, 3.63) is 71.5 Å². The summed E-state index contributed by atoms with van der Waals surface area (Å²) in [4.78, 5) is 14.4. The number of nitrogens with one attached hydrogen (secondary N) is 1. The molecule has 2 aromatic carbocycles. The first-order valence-corrected chi connectivity index (χ1v) is 8.35. The Balaban J connectivity index is 1.81. The van der Waals surface area contributed by atoms with Crippen LogP contribution < -0.4 is 5.32 Å². The highest BCUT2D eigenvalue weighted by atomic mass is 19.1. The van der Waals surface area contributed by atoms with Gasteiger partial charge in [0.15, 0.2) is 0 Å². The zero-order valence-corrected chi connectivity index (χ0v) is 14.3. The molecule has 0 unspecified atom stereocenters.